The molecule has 0 unspecified atom stereocenters. The minimum absolute atomic E-state index is 0.162. The van der Waals surface area contributed by atoms with Crippen LogP contribution < -0.4 is 10.6 Å². The topological polar surface area (TPSA) is 57.3 Å². The molecule has 5 nitrogen and oxygen atoms in total. The quantitative estimate of drug-likeness (QED) is 0.872. The summed E-state index contributed by atoms with van der Waals surface area (Å²) in [6.07, 6.45) is 0. The van der Waals surface area contributed by atoms with Crippen LogP contribution in [0.1, 0.15) is 10.5 Å². The van der Waals surface area contributed by atoms with Crippen LogP contribution in [0, 0.1) is 5.82 Å². The number of benzene rings is 1. The Morgan fingerprint density at radius 2 is 2.04 bits per heavy atom. The molecule has 0 bridgehead atoms. The van der Waals surface area contributed by atoms with Crippen molar-refractivity contribution in [3.8, 4) is 10.6 Å². The molecule has 0 radical (unpaired) electrons. The number of aromatic nitrogens is 1. The first-order chi connectivity index (χ1) is 11.2. The summed E-state index contributed by atoms with van der Waals surface area (Å²) in [5.74, 6) is -0.444. The van der Waals surface area contributed by atoms with E-state index >= 15 is 0 Å². The Hall–Kier alpha value is -1.83. The third-order valence-electron chi connectivity index (χ3n) is 3.75. The van der Waals surface area contributed by atoms with Gasteiger partial charge >= 0.3 is 0 Å². The zero-order chi connectivity index (χ0) is 16.1. The smallest absolute Gasteiger partial charge is 0.270 e. The summed E-state index contributed by atoms with van der Waals surface area (Å²) >= 11 is 1.39. The maximum absolute atomic E-state index is 12.9. The number of halogens is 1. The van der Waals surface area contributed by atoms with Crippen LogP contribution in [0.15, 0.2) is 29.6 Å². The van der Waals surface area contributed by atoms with E-state index < -0.39 is 0 Å². The van der Waals surface area contributed by atoms with Crippen LogP contribution in [0.2, 0.25) is 0 Å². The van der Waals surface area contributed by atoms with Crippen LogP contribution in [0.25, 0.3) is 10.6 Å². The van der Waals surface area contributed by atoms with Crippen molar-refractivity contribution in [3.63, 3.8) is 0 Å². The van der Waals surface area contributed by atoms with Gasteiger partial charge in [0, 0.05) is 50.2 Å². The van der Waals surface area contributed by atoms with Crippen molar-refractivity contribution in [1.29, 1.82) is 0 Å². The van der Waals surface area contributed by atoms with E-state index in [4.69, 9.17) is 0 Å². The fraction of sp³-hybridized carbons (Fsp3) is 0.375. The number of carbonyl (C=O) groups is 1. The lowest BCUT2D eigenvalue weighted by atomic mass is 10.2. The molecule has 1 aliphatic heterocycles. The summed E-state index contributed by atoms with van der Waals surface area (Å²) in [6.45, 7) is 5.50. The van der Waals surface area contributed by atoms with Gasteiger partial charge in [0.25, 0.3) is 5.91 Å². The summed E-state index contributed by atoms with van der Waals surface area (Å²) in [4.78, 5) is 18.8. The van der Waals surface area contributed by atoms with E-state index in [0.29, 0.717) is 12.2 Å². The van der Waals surface area contributed by atoms with Crippen molar-refractivity contribution in [2.45, 2.75) is 0 Å². The number of thiazole rings is 1. The molecule has 0 aliphatic carbocycles. The standard InChI is InChI=1S/C16H19FN4OS/c17-13-3-1-12(2-4-13)16-20-14(11-23-16)15(22)19-7-10-21-8-5-18-6-9-21/h1-4,11,18H,5-10H2,(H,19,22). The van der Waals surface area contributed by atoms with E-state index in [-0.39, 0.29) is 11.7 Å². The lowest BCUT2D eigenvalue weighted by molar-refractivity contribution is 0.0943. The molecular formula is C16H19FN4OS. The number of hydrogen-bond acceptors (Lipinski definition) is 5. The molecule has 0 spiro atoms. The minimum atomic E-state index is -0.281. The molecule has 2 aromatic rings. The highest BCUT2D eigenvalue weighted by Gasteiger charge is 2.13. The first kappa shape index (κ1) is 16.0. The molecule has 7 heteroatoms. The fourth-order valence-corrected chi connectivity index (χ4v) is 3.26. The Balaban J connectivity index is 1.52. The Morgan fingerprint density at radius 3 is 2.78 bits per heavy atom. The second kappa shape index (κ2) is 7.63. The number of amides is 1. The Labute approximate surface area is 138 Å². The Bertz CT molecular complexity index is 652. The van der Waals surface area contributed by atoms with Crippen LogP contribution in [0.4, 0.5) is 4.39 Å². The van der Waals surface area contributed by atoms with Gasteiger partial charge in [-0.2, -0.15) is 0 Å². The summed E-state index contributed by atoms with van der Waals surface area (Å²) in [6, 6.07) is 6.12. The van der Waals surface area contributed by atoms with E-state index in [0.717, 1.165) is 43.3 Å². The Morgan fingerprint density at radius 1 is 1.30 bits per heavy atom. The van der Waals surface area contributed by atoms with E-state index in [1.165, 1.54) is 23.5 Å². The highest BCUT2D eigenvalue weighted by atomic mass is 32.1. The lowest BCUT2D eigenvalue weighted by Crippen LogP contribution is -2.46. The summed E-state index contributed by atoms with van der Waals surface area (Å²) in [7, 11) is 0. The maximum atomic E-state index is 12.9. The molecule has 3 rings (SSSR count). The predicted molar refractivity (Wildman–Crippen MR) is 89.2 cm³/mol. The number of carbonyl (C=O) groups excluding carboxylic acids is 1. The minimum Gasteiger partial charge on any atom is -0.349 e. The maximum Gasteiger partial charge on any atom is 0.270 e. The zero-order valence-electron chi connectivity index (χ0n) is 12.7. The first-order valence-corrected chi connectivity index (χ1v) is 8.53. The van der Waals surface area contributed by atoms with Crippen LogP contribution >= 0.6 is 11.3 Å². The SMILES string of the molecule is O=C(NCCN1CCNCC1)c1csc(-c2ccc(F)cc2)n1. The molecule has 122 valence electrons. The van der Waals surface area contributed by atoms with Gasteiger partial charge < -0.3 is 10.6 Å². The summed E-state index contributed by atoms with van der Waals surface area (Å²) in [5, 5.41) is 8.66. The van der Waals surface area contributed by atoms with Gasteiger partial charge in [-0.1, -0.05) is 0 Å². The van der Waals surface area contributed by atoms with Gasteiger partial charge in [0.1, 0.15) is 16.5 Å². The predicted octanol–water partition coefficient (Wildman–Crippen LogP) is 1.58. The van der Waals surface area contributed by atoms with E-state index in [2.05, 4.69) is 20.5 Å². The monoisotopic (exact) mass is 334 g/mol. The zero-order valence-corrected chi connectivity index (χ0v) is 13.5. The normalized spacial score (nSPS) is 15.5. The van der Waals surface area contributed by atoms with Crippen molar-refractivity contribution in [1.82, 2.24) is 20.5 Å². The van der Waals surface area contributed by atoms with Crippen LogP contribution in [0.5, 0.6) is 0 Å². The largest absolute Gasteiger partial charge is 0.349 e. The van der Waals surface area contributed by atoms with E-state index in [1.807, 2.05) is 0 Å². The highest BCUT2D eigenvalue weighted by molar-refractivity contribution is 7.13. The van der Waals surface area contributed by atoms with Crippen LogP contribution in [-0.4, -0.2) is 55.1 Å². The third kappa shape index (κ3) is 4.34. The molecule has 1 aromatic heterocycles. The van der Waals surface area contributed by atoms with E-state index in [9.17, 15) is 9.18 Å². The van der Waals surface area contributed by atoms with Crippen molar-refractivity contribution >= 4 is 17.2 Å². The molecule has 0 saturated carbocycles. The van der Waals surface area contributed by atoms with Crippen molar-refractivity contribution < 1.29 is 9.18 Å². The van der Waals surface area contributed by atoms with E-state index in [1.54, 1.807) is 17.5 Å². The number of rotatable bonds is 5. The molecule has 0 atom stereocenters. The van der Waals surface area contributed by atoms with Gasteiger partial charge in [0.2, 0.25) is 0 Å². The first-order valence-electron chi connectivity index (χ1n) is 7.65. The second-order valence-electron chi connectivity index (χ2n) is 5.39. The average molecular weight is 334 g/mol. The number of nitrogens with zero attached hydrogens (tertiary/aromatic N) is 2. The molecule has 1 saturated heterocycles. The van der Waals surface area contributed by atoms with Crippen molar-refractivity contribution in [3.05, 3.63) is 41.2 Å². The average Bonchev–Trinajstić information content (AvgIpc) is 3.06. The van der Waals surface area contributed by atoms with Gasteiger partial charge in [-0.25, -0.2) is 9.37 Å². The van der Waals surface area contributed by atoms with Crippen molar-refractivity contribution in [2.24, 2.45) is 0 Å². The molecule has 1 fully saturated rings. The van der Waals surface area contributed by atoms with Gasteiger partial charge in [0.05, 0.1) is 0 Å². The van der Waals surface area contributed by atoms with Gasteiger partial charge in [-0.3, -0.25) is 9.69 Å². The number of piperazine rings is 1. The fourth-order valence-electron chi connectivity index (χ4n) is 2.46. The summed E-state index contributed by atoms with van der Waals surface area (Å²) in [5.41, 5.74) is 1.23. The molecule has 1 aliphatic rings. The Kier molecular flexibility index (Phi) is 5.32. The number of hydrogen-bond donors (Lipinski definition) is 2. The highest BCUT2D eigenvalue weighted by Crippen LogP contribution is 2.23. The molecule has 2 N–H and O–H groups in total. The van der Waals surface area contributed by atoms with Gasteiger partial charge in [-0.15, -0.1) is 11.3 Å². The number of nitrogens with one attached hydrogen (secondary N) is 2. The van der Waals surface area contributed by atoms with Crippen molar-refractivity contribution in [2.75, 3.05) is 39.3 Å². The molecule has 23 heavy (non-hydrogen) atoms. The molecule has 2 heterocycles. The van der Waals surface area contributed by atoms with Gasteiger partial charge in [-0.05, 0) is 24.3 Å². The second-order valence-corrected chi connectivity index (χ2v) is 6.25. The lowest BCUT2D eigenvalue weighted by Gasteiger charge is -2.26. The molecule has 1 aromatic carbocycles. The van der Waals surface area contributed by atoms with Crippen LogP contribution in [-0.2, 0) is 0 Å². The third-order valence-corrected chi connectivity index (χ3v) is 4.64. The molecule has 1 amide bonds. The molecular weight excluding hydrogens is 315 g/mol. The summed E-state index contributed by atoms with van der Waals surface area (Å²) < 4.78 is 12.9. The van der Waals surface area contributed by atoms with Crippen LogP contribution in [0.3, 0.4) is 0 Å². The van der Waals surface area contributed by atoms with Gasteiger partial charge in [0.15, 0.2) is 0 Å².